The van der Waals surface area contributed by atoms with E-state index in [1.54, 1.807) is 22.7 Å². The number of hydrogen-bond acceptors (Lipinski definition) is 3. The Morgan fingerprint density at radius 3 is 2.72 bits per heavy atom. The normalized spacial score (nSPS) is 14.8. The lowest BCUT2D eigenvalue weighted by atomic mass is 9.99. The molecule has 0 aliphatic heterocycles. The largest absolute Gasteiger partial charge is 0.384 e. The van der Waals surface area contributed by atoms with Crippen molar-refractivity contribution in [1.29, 1.82) is 0 Å². The fourth-order valence-electron chi connectivity index (χ4n) is 2.09. The number of aliphatic hydroxyl groups is 1. The third kappa shape index (κ3) is 2.21. The lowest BCUT2D eigenvalue weighted by Gasteiger charge is -2.20. The van der Waals surface area contributed by atoms with Gasteiger partial charge in [0.1, 0.15) is 5.60 Å². The van der Waals surface area contributed by atoms with Gasteiger partial charge in [0.15, 0.2) is 0 Å². The zero-order valence-corrected chi connectivity index (χ0v) is 11.7. The zero-order chi connectivity index (χ0) is 12.6. The summed E-state index contributed by atoms with van der Waals surface area (Å²) in [5, 5.41) is 13.9. The maximum atomic E-state index is 10.7. The maximum Gasteiger partial charge on any atom is 0.101 e. The highest BCUT2D eigenvalue weighted by atomic mass is 32.1. The van der Waals surface area contributed by atoms with Gasteiger partial charge < -0.3 is 5.11 Å². The molecule has 0 aliphatic rings. The van der Waals surface area contributed by atoms with Crippen LogP contribution in [0.4, 0.5) is 0 Å². The molecule has 2 heterocycles. The maximum absolute atomic E-state index is 10.7. The summed E-state index contributed by atoms with van der Waals surface area (Å²) in [4.78, 5) is 2.26. The fourth-order valence-corrected chi connectivity index (χ4v) is 4.05. The van der Waals surface area contributed by atoms with Crippen LogP contribution in [-0.2, 0) is 12.0 Å². The van der Waals surface area contributed by atoms with E-state index in [4.69, 9.17) is 0 Å². The van der Waals surface area contributed by atoms with E-state index in [0.717, 1.165) is 4.88 Å². The molecule has 2 aromatic heterocycles. The highest BCUT2D eigenvalue weighted by Gasteiger charge is 2.26. The van der Waals surface area contributed by atoms with Gasteiger partial charge in [0.25, 0.3) is 0 Å². The van der Waals surface area contributed by atoms with E-state index in [1.165, 1.54) is 15.0 Å². The predicted molar refractivity (Wildman–Crippen MR) is 79.4 cm³/mol. The van der Waals surface area contributed by atoms with Gasteiger partial charge in [0.2, 0.25) is 0 Å². The third-order valence-electron chi connectivity index (χ3n) is 3.05. The SMILES string of the molecule is CC(O)(Cc1cccs1)c1cc2ccccc2s1. The molecule has 1 aromatic carbocycles. The van der Waals surface area contributed by atoms with Crippen molar-refractivity contribution >= 4 is 32.8 Å². The first-order chi connectivity index (χ1) is 8.65. The van der Waals surface area contributed by atoms with Crippen LogP contribution in [0.2, 0.25) is 0 Å². The van der Waals surface area contributed by atoms with Crippen molar-refractivity contribution in [2.75, 3.05) is 0 Å². The lowest BCUT2D eigenvalue weighted by molar-refractivity contribution is 0.0624. The monoisotopic (exact) mass is 274 g/mol. The first-order valence-corrected chi connectivity index (χ1v) is 7.58. The van der Waals surface area contributed by atoms with Gasteiger partial charge in [-0.1, -0.05) is 24.3 Å². The summed E-state index contributed by atoms with van der Waals surface area (Å²) in [6.07, 6.45) is 0.678. The van der Waals surface area contributed by atoms with Gasteiger partial charge in [-0.15, -0.1) is 22.7 Å². The molecule has 18 heavy (non-hydrogen) atoms. The molecule has 3 rings (SSSR count). The van der Waals surface area contributed by atoms with Crippen LogP contribution in [-0.4, -0.2) is 5.11 Å². The minimum atomic E-state index is -0.783. The van der Waals surface area contributed by atoms with Crippen molar-refractivity contribution in [1.82, 2.24) is 0 Å². The summed E-state index contributed by atoms with van der Waals surface area (Å²) in [6.45, 7) is 1.90. The van der Waals surface area contributed by atoms with Crippen LogP contribution < -0.4 is 0 Å². The standard InChI is InChI=1S/C15H14OS2/c1-15(16,10-12-6-4-8-17-12)14-9-11-5-2-3-7-13(11)18-14/h2-9,16H,10H2,1H3. The van der Waals surface area contributed by atoms with E-state index in [1.807, 2.05) is 25.1 Å². The number of thiophene rings is 2. The molecule has 1 atom stereocenters. The quantitative estimate of drug-likeness (QED) is 0.750. The van der Waals surface area contributed by atoms with Crippen molar-refractivity contribution in [3.63, 3.8) is 0 Å². The molecule has 0 saturated carbocycles. The van der Waals surface area contributed by atoms with Crippen molar-refractivity contribution in [2.24, 2.45) is 0 Å². The first kappa shape index (κ1) is 11.9. The molecule has 0 bridgehead atoms. The van der Waals surface area contributed by atoms with E-state index in [2.05, 4.69) is 29.6 Å². The predicted octanol–water partition coefficient (Wildman–Crippen LogP) is 4.41. The van der Waals surface area contributed by atoms with Crippen LogP contribution in [0.1, 0.15) is 16.7 Å². The Hall–Kier alpha value is -1.16. The molecule has 0 aliphatic carbocycles. The number of hydrogen-bond donors (Lipinski definition) is 1. The van der Waals surface area contributed by atoms with Gasteiger partial charge >= 0.3 is 0 Å². The van der Waals surface area contributed by atoms with E-state index in [-0.39, 0.29) is 0 Å². The van der Waals surface area contributed by atoms with Crippen molar-refractivity contribution in [2.45, 2.75) is 18.9 Å². The summed E-state index contributed by atoms with van der Waals surface area (Å²) < 4.78 is 1.24. The van der Waals surface area contributed by atoms with Gasteiger partial charge in [-0.2, -0.15) is 0 Å². The third-order valence-corrected chi connectivity index (χ3v) is 5.30. The summed E-state index contributed by atoms with van der Waals surface area (Å²) in [7, 11) is 0. The number of benzene rings is 1. The van der Waals surface area contributed by atoms with Gasteiger partial charge in [0, 0.05) is 20.9 Å². The Bertz CT molecular complexity index is 617. The summed E-state index contributed by atoms with van der Waals surface area (Å²) in [5.41, 5.74) is -0.783. The van der Waals surface area contributed by atoms with E-state index >= 15 is 0 Å². The van der Waals surface area contributed by atoms with Crippen LogP contribution in [0.3, 0.4) is 0 Å². The van der Waals surface area contributed by atoms with Gasteiger partial charge in [-0.05, 0) is 35.9 Å². The van der Waals surface area contributed by atoms with Crippen LogP contribution in [0.5, 0.6) is 0 Å². The van der Waals surface area contributed by atoms with E-state index in [0.29, 0.717) is 6.42 Å². The smallest absolute Gasteiger partial charge is 0.101 e. The zero-order valence-electron chi connectivity index (χ0n) is 10.1. The molecular formula is C15H14OS2. The molecule has 0 fully saturated rings. The minimum absolute atomic E-state index is 0.678. The van der Waals surface area contributed by atoms with Crippen LogP contribution >= 0.6 is 22.7 Å². The second-order valence-corrected chi connectivity index (χ2v) is 6.79. The highest BCUT2D eigenvalue weighted by Crippen LogP contribution is 2.35. The average Bonchev–Trinajstić information content (AvgIpc) is 2.96. The molecule has 0 spiro atoms. The van der Waals surface area contributed by atoms with E-state index < -0.39 is 5.60 Å². The average molecular weight is 274 g/mol. The van der Waals surface area contributed by atoms with E-state index in [9.17, 15) is 5.11 Å². The fraction of sp³-hybridized carbons (Fsp3) is 0.200. The Morgan fingerprint density at radius 1 is 1.17 bits per heavy atom. The summed E-state index contributed by atoms with van der Waals surface area (Å²) in [5.74, 6) is 0. The topological polar surface area (TPSA) is 20.2 Å². The van der Waals surface area contributed by atoms with Gasteiger partial charge in [0.05, 0.1) is 0 Å². The Balaban J connectivity index is 1.97. The van der Waals surface area contributed by atoms with Crippen LogP contribution in [0, 0.1) is 0 Å². The molecule has 3 aromatic rings. The van der Waals surface area contributed by atoms with Gasteiger partial charge in [-0.25, -0.2) is 0 Å². The second-order valence-electron chi connectivity index (χ2n) is 4.68. The molecule has 92 valence electrons. The van der Waals surface area contributed by atoms with Crippen molar-refractivity contribution in [3.05, 3.63) is 57.6 Å². The first-order valence-electron chi connectivity index (χ1n) is 5.89. The molecule has 1 unspecified atom stereocenters. The lowest BCUT2D eigenvalue weighted by Crippen LogP contribution is -2.22. The number of fused-ring (bicyclic) bond motifs is 1. The minimum Gasteiger partial charge on any atom is -0.384 e. The molecule has 0 saturated heterocycles. The molecule has 0 radical (unpaired) electrons. The molecule has 0 amide bonds. The Morgan fingerprint density at radius 2 is 2.00 bits per heavy atom. The van der Waals surface area contributed by atoms with Crippen LogP contribution in [0.15, 0.2) is 47.8 Å². The van der Waals surface area contributed by atoms with Crippen molar-refractivity contribution in [3.8, 4) is 0 Å². The van der Waals surface area contributed by atoms with Crippen molar-refractivity contribution < 1.29 is 5.11 Å². The second kappa shape index (κ2) is 4.50. The molecule has 1 nitrogen and oxygen atoms in total. The van der Waals surface area contributed by atoms with Gasteiger partial charge in [-0.3, -0.25) is 0 Å². The highest BCUT2D eigenvalue weighted by molar-refractivity contribution is 7.19. The Kier molecular flexibility index (Phi) is 2.98. The summed E-state index contributed by atoms with van der Waals surface area (Å²) in [6, 6.07) is 14.5. The number of rotatable bonds is 3. The molecule has 3 heteroatoms. The molecule has 1 N–H and O–H groups in total. The van der Waals surface area contributed by atoms with Crippen LogP contribution in [0.25, 0.3) is 10.1 Å². The Labute approximate surface area is 114 Å². The summed E-state index contributed by atoms with van der Waals surface area (Å²) >= 11 is 3.38. The molecular weight excluding hydrogens is 260 g/mol.